The van der Waals surface area contributed by atoms with Gasteiger partial charge >= 0.3 is 5.97 Å². The van der Waals surface area contributed by atoms with Gasteiger partial charge in [-0.25, -0.2) is 4.98 Å². The van der Waals surface area contributed by atoms with Crippen LogP contribution in [0.3, 0.4) is 0 Å². The molecule has 4 fully saturated rings. The number of amides is 1. The summed E-state index contributed by atoms with van der Waals surface area (Å²) in [6.07, 6.45) is 15.3. The number of carbonyl (C=O) groups is 2. The van der Waals surface area contributed by atoms with Gasteiger partial charge in [0.25, 0.3) is 0 Å². The molecule has 1 aromatic rings. The fourth-order valence-corrected chi connectivity index (χ4v) is 8.54. The molecule has 4 unspecified atom stereocenters. The molecular weight excluding hydrogens is 502 g/mol. The van der Waals surface area contributed by atoms with Crippen LogP contribution in [-0.4, -0.2) is 60.0 Å². The van der Waals surface area contributed by atoms with Crippen LogP contribution in [-0.2, 0) is 19.1 Å². The number of piperidine rings is 1. The van der Waals surface area contributed by atoms with Crippen LogP contribution in [0.25, 0.3) is 0 Å². The van der Waals surface area contributed by atoms with Gasteiger partial charge in [-0.05, 0) is 107 Å². The molecule has 0 spiro atoms. The van der Waals surface area contributed by atoms with Gasteiger partial charge in [0.05, 0.1) is 18.3 Å². The molecule has 8 nitrogen and oxygen atoms in total. The number of carboxylic acids is 1. The highest BCUT2D eigenvalue weighted by Crippen LogP contribution is 2.44. The van der Waals surface area contributed by atoms with Crippen LogP contribution in [0.5, 0.6) is 0 Å². The van der Waals surface area contributed by atoms with E-state index in [0.717, 1.165) is 63.3 Å². The Morgan fingerprint density at radius 1 is 1.00 bits per heavy atom. The fraction of sp³-hybridized carbons (Fsp3) is 0.828. The molecule has 1 aliphatic heterocycles. The van der Waals surface area contributed by atoms with Gasteiger partial charge in [-0.1, -0.05) is 0 Å². The van der Waals surface area contributed by atoms with Crippen LogP contribution < -0.4 is 10.6 Å². The van der Waals surface area contributed by atoms with Crippen molar-refractivity contribution in [2.45, 2.75) is 108 Å². The normalized spacial score (nSPS) is 37.8. The number of aromatic nitrogens is 1. The molecule has 1 aromatic heterocycles. The van der Waals surface area contributed by atoms with Crippen molar-refractivity contribution in [1.82, 2.24) is 10.3 Å². The highest BCUT2D eigenvalue weighted by atomic mass is 32.1. The Balaban J connectivity index is 1.11. The second-order valence-electron chi connectivity index (χ2n) is 12.2. The van der Waals surface area contributed by atoms with E-state index in [4.69, 9.17) is 14.6 Å². The van der Waals surface area contributed by atoms with Gasteiger partial charge in [0, 0.05) is 37.6 Å². The van der Waals surface area contributed by atoms with Crippen molar-refractivity contribution in [1.29, 1.82) is 0 Å². The third kappa shape index (κ3) is 7.14. The standard InChI is InChI=1S/C29H45N3O5S/c1-36-25-15-21-10-11-30-24(17-27(33)32-29-31-12-13-38-29)23(21)16-26(25)37-22-8-6-20(7-9-22)19-4-2-18(3-5-19)14-28(34)35/h12-13,18-26,30H,2-11,14-17H2,1H3,(H,34,35)(H,31,32,33)/t18?,19?,20?,21?,22?,23?,24-,25?,26?/m1/s1. The maximum absolute atomic E-state index is 12.7. The predicted molar refractivity (Wildman–Crippen MR) is 147 cm³/mol. The van der Waals surface area contributed by atoms with E-state index in [1.165, 1.54) is 37.0 Å². The number of methoxy groups -OCH3 is 1. The number of carboxylic acid groups (broad SMARTS) is 1. The van der Waals surface area contributed by atoms with Crippen molar-refractivity contribution in [3.63, 3.8) is 0 Å². The van der Waals surface area contributed by atoms with Crippen LogP contribution in [0.4, 0.5) is 5.13 Å². The summed E-state index contributed by atoms with van der Waals surface area (Å²) in [7, 11) is 1.82. The topological polar surface area (TPSA) is 110 Å². The van der Waals surface area contributed by atoms with Crippen LogP contribution in [0.2, 0.25) is 0 Å². The number of hydrogen-bond donors (Lipinski definition) is 3. The average Bonchev–Trinajstić information content (AvgIpc) is 3.42. The van der Waals surface area contributed by atoms with Crippen molar-refractivity contribution in [2.24, 2.45) is 29.6 Å². The minimum absolute atomic E-state index is 0.0275. The largest absolute Gasteiger partial charge is 0.481 e. The summed E-state index contributed by atoms with van der Waals surface area (Å²) in [5, 5.41) is 18.2. The van der Waals surface area contributed by atoms with E-state index < -0.39 is 5.97 Å². The SMILES string of the molecule is COC1CC2CCN[C@H](CC(=O)Nc3nccs3)C2CC1OC1CCC(C2CCC(CC(=O)O)CC2)CC1. The van der Waals surface area contributed by atoms with Crippen molar-refractivity contribution in [2.75, 3.05) is 19.0 Å². The zero-order chi connectivity index (χ0) is 26.5. The minimum atomic E-state index is -0.649. The molecule has 3 saturated carbocycles. The van der Waals surface area contributed by atoms with Gasteiger partial charge < -0.3 is 25.2 Å². The number of nitrogens with one attached hydrogen (secondary N) is 2. The van der Waals surface area contributed by atoms with Crippen molar-refractivity contribution in [3.05, 3.63) is 11.6 Å². The summed E-state index contributed by atoms with van der Waals surface area (Å²) in [6, 6.07) is 0.157. The third-order valence-corrected chi connectivity index (χ3v) is 10.7. The number of nitrogens with zero attached hydrogens (tertiary/aromatic N) is 1. The first-order valence-corrected chi connectivity index (χ1v) is 15.7. The molecule has 3 aliphatic carbocycles. The predicted octanol–water partition coefficient (Wildman–Crippen LogP) is 5.10. The lowest BCUT2D eigenvalue weighted by Crippen LogP contribution is -2.54. The molecule has 1 saturated heterocycles. The summed E-state index contributed by atoms with van der Waals surface area (Å²) >= 11 is 1.45. The van der Waals surface area contributed by atoms with Gasteiger partial charge in [0.1, 0.15) is 0 Å². The van der Waals surface area contributed by atoms with Gasteiger partial charge in [0.2, 0.25) is 5.91 Å². The molecule has 0 bridgehead atoms. The Hall–Kier alpha value is -1.55. The molecule has 1 amide bonds. The van der Waals surface area contributed by atoms with Gasteiger partial charge in [-0.3, -0.25) is 9.59 Å². The number of thiazole rings is 1. The fourth-order valence-electron chi connectivity index (χ4n) is 7.99. The lowest BCUT2D eigenvalue weighted by molar-refractivity contribution is -0.145. The Morgan fingerprint density at radius 3 is 2.39 bits per heavy atom. The molecule has 3 N–H and O–H groups in total. The number of hydrogen-bond acceptors (Lipinski definition) is 7. The Labute approximate surface area is 230 Å². The smallest absolute Gasteiger partial charge is 0.303 e. The van der Waals surface area contributed by atoms with E-state index in [1.807, 2.05) is 12.5 Å². The van der Waals surface area contributed by atoms with E-state index >= 15 is 0 Å². The number of ether oxygens (including phenoxy) is 2. The van der Waals surface area contributed by atoms with Gasteiger partial charge in [-0.2, -0.15) is 0 Å². The number of aliphatic carboxylic acids is 1. The van der Waals surface area contributed by atoms with E-state index in [-0.39, 0.29) is 30.3 Å². The van der Waals surface area contributed by atoms with Crippen LogP contribution in [0.1, 0.15) is 83.5 Å². The summed E-state index contributed by atoms with van der Waals surface area (Å²) in [5.74, 6) is 2.25. The average molecular weight is 548 g/mol. The molecule has 2 heterocycles. The van der Waals surface area contributed by atoms with Crippen molar-refractivity contribution >= 4 is 28.3 Å². The molecule has 5 rings (SSSR count). The minimum Gasteiger partial charge on any atom is -0.481 e. The maximum atomic E-state index is 12.7. The molecule has 0 radical (unpaired) electrons. The highest BCUT2D eigenvalue weighted by molar-refractivity contribution is 7.13. The van der Waals surface area contributed by atoms with Crippen LogP contribution >= 0.6 is 11.3 Å². The number of rotatable bonds is 9. The van der Waals surface area contributed by atoms with Crippen molar-refractivity contribution in [3.8, 4) is 0 Å². The third-order valence-electron chi connectivity index (χ3n) is 9.99. The van der Waals surface area contributed by atoms with Gasteiger partial charge in [0.15, 0.2) is 5.13 Å². The number of carbonyl (C=O) groups excluding carboxylic acids is 1. The van der Waals surface area contributed by atoms with Crippen molar-refractivity contribution < 1.29 is 24.2 Å². The maximum Gasteiger partial charge on any atom is 0.303 e. The summed E-state index contributed by atoms with van der Waals surface area (Å²) < 4.78 is 12.8. The first-order valence-electron chi connectivity index (χ1n) is 14.8. The first kappa shape index (κ1) is 28.0. The quantitative estimate of drug-likeness (QED) is 0.395. The summed E-state index contributed by atoms with van der Waals surface area (Å²) in [4.78, 5) is 28.0. The number of anilines is 1. The Morgan fingerprint density at radius 2 is 1.74 bits per heavy atom. The highest BCUT2D eigenvalue weighted by Gasteiger charge is 2.44. The molecule has 9 heteroatoms. The zero-order valence-corrected chi connectivity index (χ0v) is 23.5. The lowest BCUT2D eigenvalue weighted by atomic mass is 9.68. The molecule has 38 heavy (non-hydrogen) atoms. The summed E-state index contributed by atoms with van der Waals surface area (Å²) in [5.41, 5.74) is 0. The lowest BCUT2D eigenvalue weighted by Gasteiger charge is -2.48. The Kier molecular flexibility index (Phi) is 9.73. The first-order chi connectivity index (χ1) is 18.5. The zero-order valence-electron chi connectivity index (χ0n) is 22.7. The van der Waals surface area contributed by atoms with Crippen LogP contribution in [0, 0.1) is 29.6 Å². The number of fused-ring (bicyclic) bond motifs is 1. The van der Waals surface area contributed by atoms with E-state index in [9.17, 15) is 9.59 Å². The van der Waals surface area contributed by atoms with Gasteiger partial charge in [-0.15, -0.1) is 11.3 Å². The Bertz CT molecular complexity index is 898. The van der Waals surface area contributed by atoms with E-state index in [1.54, 1.807) is 6.20 Å². The molecule has 4 aliphatic rings. The monoisotopic (exact) mass is 547 g/mol. The molecular formula is C29H45N3O5S. The molecule has 5 atom stereocenters. The van der Waals surface area contributed by atoms with E-state index in [2.05, 4.69) is 15.6 Å². The molecule has 0 aromatic carbocycles. The summed E-state index contributed by atoms with van der Waals surface area (Å²) in [6.45, 7) is 0.945. The second kappa shape index (κ2) is 13.2. The second-order valence-corrected chi connectivity index (χ2v) is 13.1. The van der Waals surface area contributed by atoms with E-state index in [0.29, 0.717) is 35.7 Å². The molecule has 212 valence electrons. The van der Waals surface area contributed by atoms with Crippen LogP contribution in [0.15, 0.2) is 11.6 Å².